The lowest BCUT2D eigenvalue weighted by atomic mass is 9.87. The number of urea groups is 1. The van der Waals surface area contributed by atoms with Gasteiger partial charge in [0.2, 0.25) is 0 Å². The molecule has 9 nitrogen and oxygen atoms in total. The number of nitrogens with one attached hydrogen (secondary N) is 1. The summed E-state index contributed by atoms with van der Waals surface area (Å²) in [7, 11) is 3.06. The molecule has 0 aliphatic carbocycles. The number of hydrogen-bond acceptors (Lipinski definition) is 7. The Bertz CT molecular complexity index is 1520. The normalized spacial score (nSPS) is 13.5. The highest BCUT2D eigenvalue weighted by Crippen LogP contribution is 2.39. The van der Waals surface area contributed by atoms with Crippen molar-refractivity contribution in [3.05, 3.63) is 108 Å². The first-order valence-corrected chi connectivity index (χ1v) is 14.8. The number of nitrogens with zero attached hydrogens (tertiary/aromatic N) is 4. The van der Waals surface area contributed by atoms with Crippen molar-refractivity contribution < 1.29 is 28.3 Å². The van der Waals surface area contributed by atoms with E-state index in [1.807, 2.05) is 0 Å². The summed E-state index contributed by atoms with van der Waals surface area (Å²) in [6, 6.07) is 21.1. The van der Waals surface area contributed by atoms with Gasteiger partial charge < -0.3 is 14.4 Å². The minimum Gasteiger partial charge on any atom is -0.497 e. The minimum absolute atomic E-state index is 0.00908. The number of carbonyl (C=O) groups is 1. The van der Waals surface area contributed by atoms with Crippen LogP contribution < -0.4 is 19.9 Å². The summed E-state index contributed by atoms with van der Waals surface area (Å²) in [5.41, 5.74) is 4.83. The van der Waals surface area contributed by atoms with Crippen LogP contribution in [0.15, 0.2) is 85.1 Å². The molecule has 1 saturated heterocycles. The van der Waals surface area contributed by atoms with Crippen LogP contribution in [0.1, 0.15) is 29.9 Å². The molecule has 0 atom stereocenters. The maximum Gasteiger partial charge on any atom is 0.330 e. The average molecular weight is 618 g/mol. The van der Waals surface area contributed by atoms with Gasteiger partial charge >= 0.3 is 6.03 Å². The molecule has 0 saturated carbocycles. The highest BCUT2D eigenvalue weighted by atomic mass is 19.1. The Labute approximate surface area is 261 Å². The Hall–Kier alpha value is -4.74. The number of rotatable bonds is 11. The first-order valence-electron chi connectivity index (χ1n) is 14.8. The van der Waals surface area contributed by atoms with E-state index in [4.69, 9.17) is 9.47 Å². The van der Waals surface area contributed by atoms with E-state index in [0.29, 0.717) is 43.4 Å². The number of halogens is 2. The zero-order valence-corrected chi connectivity index (χ0v) is 25.3. The van der Waals surface area contributed by atoms with Crippen molar-refractivity contribution in [3.8, 4) is 11.5 Å². The Morgan fingerprint density at radius 2 is 1.58 bits per heavy atom. The summed E-state index contributed by atoms with van der Waals surface area (Å²) in [6.45, 7) is 3.13. The molecule has 1 aliphatic heterocycles. The Morgan fingerprint density at radius 3 is 2.16 bits per heavy atom. The summed E-state index contributed by atoms with van der Waals surface area (Å²) in [4.78, 5) is 24.0. The molecule has 4 aromatic rings. The molecule has 2 N–H and O–H groups in total. The quantitative estimate of drug-likeness (QED) is 0.182. The molecule has 11 heteroatoms. The molecule has 1 aliphatic rings. The molecule has 1 fully saturated rings. The van der Waals surface area contributed by atoms with Crippen molar-refractivity contribution in [2.75, 3.05) is 57.3 Å². The van der Waals surface area contributed by atoms with E-state index in [9.17, 15) is 18.8 Å². The molecule has 2 amide bonds. The smallest absolute Gasteiger partial charge is 0.330 e. The lowest BCUT2D eigenvalue weighted by Gasteiger charge is -2.38. The second kappa shape index (κ2) is 14.8. The zero-order chi connectivity index (χ0) is 31.8. The molecule has 236 valence electrons. The van der Waals surface area contributed by atoms with Gasteiger partial charge in [0.1, 0.15) is 28.8 Å². The number of amides is 2. The predicted octanol–water partition coefficient (Wildman–Crippen LogP) is 6.67. The fraction of sp³-hybridized carbons (Fsp3) is 0.294. The monoisotopic (exact) mass is 617 g/mol. The first-order chi connectivity index (χ1) is 21.9. The van der Waals surface area contributed by atoms with Gasteiger partial charge in [-0.2, -0.15) is 0 Å². The van der Waals surface area contributed by atoms with Gasteiger partial charge in [0, 0.05) is 44.4 Å². The number of aromatic nitrogens is 1. The largest absolute Gasteiger partial charge is 0.497 e. The predicted molar refractivity (Wildman–Crippen MR) is 169 cm³/mol. The Morgan fingerprint density at radius 1 is 0.933 bits per heavy atom. The number of pyridine rings is 1. The number of piperazine rings is 1. The van der Waals surface area contributed by atoms with Gasteiger partial charge in [-0.05, 0) is 79.0 Å². The number of methoxy groups -OCH3 is 2. The van der Waals surface area contributed by atoms with E-state index >= 15 is 0 Å². The van der Waals surface area contributed by atoms with E-state index in [-0.39, 0.29) is 35.1 Å². The van der Waals surface area contributed by atoms with Gasteiger partial charge in [-0.15, -0.1) is 0 Å². The molecule has 2 heterocycles. The topological polar surface area (TPSA) is 90.4 Å². The van der Waals surface area contributed by atoms with Crippen LogP contribution in [0.4, 0.5) is 30.8 Å². The maximum atomic E-state index is 14.1. The second-order valence-corrected chi connectivity index (χ2v) is 10.8. The van der Waals surface area contributed by atoms with E-state index < -0.39 is 0 Å². The van der Waals surface area contributed by atoms with E-state index in [1.165, 1.54) is 36.3 Å². The van der Waals surface area contributed by atoms with Crippen LogP contribution in [0.5, 0.6) is 11.5 Å². The molecule has 3 aromatic carbocycles. The standard InChI is InChI=1S/C34H37F2N5O4/c1-44-28-15-16-31(32(23-28)45-2)41(33-30(38-43)6-3-17-37-33)34(42)40-21-19-39(20-22-40)18-4-5-29(24-7-11-26(35)12-8-24)25-9-13-27(36)14-10-25/h3,6-17,23,29,38,43H,4-5,18-22H2,1-2H3. The first kappa shape index (κ1) is 31.7. The SMILES string of the molecule is COc1ccc(N(C(=O)N2CCN(CCCC(c3ccc(F)cc3)c3ccc(F)cc3)CC2)c2ncccc2NO)c(OC)c1. The van der Waals surface area contributed by atoms with Crippen molar-refractivity contribution in [3.63, 3.8) is 0 Å². The Balaban J connectivity index is 1.27. The molecule has 0 radical (unpaired) electrons. The number of carbonyl (C=O) groups excluding carboxylic acids is 1. The number of anilines is 3. The maximum absolute atomic E-state index is 14.1. The van der Waals surface area contributed by atoms with Crippen LogP contribution in [0.2, 0.25) is 0 Å². The number of benzene rings is 3. The summed E-state index contributed by atoms with van der Waals surface area (Å²) >= 11 is 0. The minimum atomic E-state index is -0.305. The highest BCUT2D eigenvalue weighted by molar-refractivity contribution is 6.02. The van der Waals surface area contributed by atoms with Crippen LogP contribution in [0.3, 0.4) is 0 Å². The van der Waals surface area contributed by atoms with Crippen LogP contribution in [0, 0.1) is 11.6 Å². The number of ether oxygens (including phenoxy) is 2. The van der Waals surface area contributed by atoms with Gasteiger partial charge in [-0.1, -0.05) is 24.3 Å². The lowest BCUT2D eigenvalue weighted by Crippen LogP contribution is -2.52. The van der Waals surface area contributed by atoms with Crippen molar-refractivity contribution in [1.29, 1.82) is 0 Å². The van der Waals surface area contributed by atoms with Gasteiger partial charge in [0.05, 0.1) is 19.9 Å². The molecule has 0 bridgehead atoms. The van der Waals surface area contributed by atoms with Crippen molar-refractivity contribution in [2.24, 2.45) is 0 Å². The fourth-order valence-corrected chi connectivity index (χ4v) is 5.68. The Kier molecular flexibility index (Phi) is 10.4. The molecular formula is C34H37F2N5O4. The number of hydrogen-bond donors (Lipinski definition) is 2. The summed E-state index contributed by atoms with van der Waals surface area (Å²) in [5.74, 6) is 0.630. The molecule has 5 rings (SSSR count). The average Bonchev–Trinajstić information content (AvgIpc) is 3.08. The van der Waals surface area contributed by atoms with Gasteiger partial charge in [0.15, 0.2) is 5.82 Å². The van der Waals surface area contributed by atoms with E-state index in [0.717, 1.165) is 30.5 Å². The zero-order valence-electron chi connectivity index (χ0n) is 25.3. The fourth-order valence-electron chi connectivity index (χ4n) is 5.68. The van der Waals surface area contributed by atoms with Crippen LogP contribution in [0.25, 0.3) is 0 Å². The van der Waals surface area contributed by atoms with Gasteiger partial charge in [-0.3, -0.25) is 15.6 Å². The third-order valence-electron chi connectivity index (χ3n) is 8.09. The van der Waals surface area contributed by atoms with Gasteiger partial charge in [0.25, 0.3) is 0 Å². The summed E-state index contributed by atoms with van der Waals surface area (Å²) in [5, 5.41) is 9.81. The molecule has 0 spiro atoms. The van der Waals surface area contributed by atoms with Crippen LogP contribution >= 0.6 is 0 Å². The lowest BCUT2D eigenvalue weighted by molar-refractivity contribution is 0.143. The van der Waals surface area contributed by atoms with Crippen LogP contribution in [-0.4, -0.2) is 73.0 Å². The molecule has 0 unspecified atom stereocenters. The van der Waals surface area contributed by atoms with Gasteiger partial charge in [-0.25, -0.2) is 23.5 Å². The molecular weight excluding hydrogens is 580 g/mol. The highest BCUT2D eigenvalue weighted by Gasteiger charge is 2.31. The molecule has 1 aromatic heterocycles. The molecule has 45 heavy (non-hydrogen) atoms. The summed E-state index contributed by atoms with van der Waals surface area (Å²) < 4.78 is 38.2. The van der Waals surface area contributed by atoms with Crippen molar-refractivity contribution in [1.82, 2.24) is 14.8 Å². The van der Waals surface area contributed by atoms with Crippen molar-refractivity contribution in [2.45, 2.75) is 18.8 Å². The third kappa shape index (κ3) is 7.50. The van der Waals surface area contributed by atoms with Crippen LogP contribution in [-0.2, 0) is 0 Å². The van der Waals surface area contributed by atoms with Crippen molar-refractivity contribution >= 4 is 23.2 Å². The summed E-state index contributed by atoms with van der Waals surface area (Å²) in [6.07, 6.45) is 3.22. The second-order valence-electron chi connectivity index (χ2n) is 10.8. The van der Waals surface area contributed by atoms with E-state index in [2.05, 4.69) is 15.4 Å². The third-order valence-corrected chi connectivity index (χ3v) is 8.09. The van der Waals surface area contributed by atoms with E-state index in [1.54, 1.807) is 72.8 Å².